The van der Waals surface area contributed by atoms with Gasteiger partial charge in [-0.3, -0.25) is 0 Å². The molecular formula is C11H15NO3. The van der Waals surface area contributed by atoms with E-state index in [9.17, 15) is 4.79 Å². The molecule has 0 aromatic heterocycles. The predicted octanol–water partition coefficient (Wildman–Crippen LogP) is 1.06. The highest BCUT2D eigenvalue weighted by Crippen LogP contribution is 2.04. The Morgan fingerprint density at radius 1 is 1.40 bits per heavy atom. The fourth-order valence-electron chi connectivity index (χ4n) is 0.813. The Labute approximate surface area is 88.7 Å². The fourth-order valence-corrected chi connectivity index (χ4v) is 0.813. The van der Waals surface area contributed by atoms with Gasteiger partial charge in [0.25, 0.3) is 0 Å². The van der Waals surface area contributed by atoms with Gasteiger partial charge in [0.05, 0.1) is 0 Å². The lowest BCUT2D eigenvalue weighted by Crippen LogP contribution is -1.90. The Morgan fingerprint density at radius 2 is 1.87 bits per heavy atom. The van der Waals surface area contributed by atoms with E-state index in [2.05, 4.69) is 6.58 Å². The number of nitrogens with two attached hydrogens (primary N) is 1. The van der Waals surface area contributed by atoms with Gasteiger partial charge in [-0.05, 0) is 24.1 Å². The minimum atomic E-state index is -0.981. The Kier molecular flexibility index (Phi) is 6.67. The first-order chi connectivity index (χ1) is 7.10. The number of rotatable bonds is 3. The van der Waals surface area contributed by atoms with Crippen molar-refractivity contribution in [1.29, 1.82) is 0 Å². The van der Waals surface area contributed by atoms with Crippen LogP contribution >= 0.6 is 0 Å². The average Bonchev–Trinajstić information content (AvgIpc) is 2.23. The molecule has 0 heterocycles. The van der Waals surface area contributed by atoms with Gasteiger partial charge < -0.3 is 15.9 Å². The SMILES string of the molecule is C=CC(=O)O.Nc1ccc(CCO)cc1. The highest BCUT2D eigenvalue weighted by molar-refractivity contribution is 5.78. The van der Waals surface area contributed by atoms with Gasteiger partial charge in [0.15, 0.2) is 0 Å². The van der Waals surface area contributed by atoms with Crippen LogP contribution in [0.15, 0.2) is 36.9 Å². The van der Waals surface area contributed by atoms with Crippen molar-refractivity contribution in [3.63, 3.8) is 0 Å². The zero-order valence-electron chi connectivity index (χ0n) is 8.39. The molecule has 0 unspecified atom stereocenters. The molecular weight excluding hydrogens is 194 g/mol. The quantitative estimate of drug-likeness (QED) is 0.513. The van der Waals surface area contributed by atoms with Gasteiger partial charge in [0, 0.05) is 18.4 Å². The van der Waals surface area contributed by atoms with E-state index in [0.717, 1.165) is 17.3 Å². The molecule has 4 N–H and O–H groups in total. The van der Waals surface area contributed by atoms with Crippen molar-refractivity contribution >= 4 is 11.7 Å². The van der Waals surface area contributed by atoms with Crippen molar-refractivity contribution in [2.24, 2.45) is 0 Å². The number of aliphatic hydroxyl groups is 1. The molecule has 0 atom stereocenters. The Bertz CT molecular complexity index is 306. The standard InChI is InChI=1S/C8H11NO.C3H4O2/c9-8-3-1-7(2-4-8)5-6-10;1-2-3(4)5/h1-4,10H,5-6,9H2;2H,1H2,(H,4,5). The van der Waals surface area contributed by atoms with E-state index in [1.165, 1.54) is 0 Å². The third kappa shape index (κ3) is 7.28. The van der Waals surface area contributed by atoms with Gasteiger partial charge in [-0.25, -0.2) is 4.79 Å². The van der Waals surface area contributed by atoms with E-state index >= 15 is 0 Å². The molecule has 0 bridgehead atoms. The number of anilines is 1. The molecule has 1 aromatic carbocycles. The van der Waals surface area contributed by atoms with Crippen molar-refractivity contribution in [3.8, 4) is 0 Å². The smallest absolute Gasteiger partial charge is 0.327 e. The van der Waals surface area contributed by atoms with Gasteiger partial charge in [0.1, 0.15) is 0 Å². The van der Waals surface area contributed by atoms with Crippen LogP contribution in [0.25, 0.3) is 0 Å². The van der Waals surface area contributed by atoms with Crippen LogP contribution in [0.3, 0.4) is 0 Å². The van der Waals surface area contributed by atoms with E-state index < -0.39 is 5.97 Å². The Balaban J connectivity index is 0.000000336. The number of aliphatic carboxylic acids is 1. The lowest BCUT2D eigenvalue weighted by Gasteiger charge is -1.96. The zero-order valence-corrected chi connectivity index (χ0v) is 8.39. The minimum absolute atomic E-state index is 0.198. The van der Waals surface area contributed by atoms with Crippen LogP contribution in [-0.4, -0.2) is 22.8 Å². The summed E-state index contributed by atoms with van der Waals surface area (Å²) in [6, 6.07) is 7.52. The molecule has 0 amide bonds. The topological polar surface area (TPSA) is 83.5 Å². The summed E-state index contributed by atoms with van der Waals surface area (Å²) in [6.45, 7) is 3.16. The average molecular weight is 209 g/mol. The molecule has 82 valence electrons. The molecule has 0 saturated heterocycles. The summed E-state index contributed by atoms with van der Waals surface area (Å²) in [5.41, 5.74) is 7.35. The predicted molar refractivity (Wildman–Crippen MR) is 59.5 cm³/mol. The lowest BCUT2D eigenvalue weighted by molar-refractivity contribution is -0.131. The summed E-state index contributed by atoms with van der Waals surface area (Å²) >= 11 is 0. The summed E-state index contributed by atoms with van der Waals surface area (Å²) in [5, 5.41) is 16.2. The first kappa shape index (κ1) is 13.2. The third-order valence-electron chi connectivity index (χ3n) is 1.55. The normalized spacial score (nSPS) is 8.60. The molecule has 1 rings (SSSR count). The number of carbonyl (C=O) groups is 1. The number of nitrogen functional groups attached to an aromatic ring is 1. The second-order valence-electron chi connectivity index (χ2n) is 2.76. The number of carboxylic acid groups (broad SMARTS) is 1. The summed E-state index contributed by atoms with van der Waals surface area (Å²) < 4.78 is 0. The van der Waals surface area contributed by atoms with Crippen LogP contribution in [-0.2, 0) is 11.2 Å². The summed E-state index contributed by atoms with van der Waals surface area (Å²) in [4.78, 5) is 9.25. The van der Waals surface area contributed by atoms with Crippen molar-refractivity contribution in [2.45, 2.75) is 6.42 Å². The fraction of sp³-hybridized carbons (Fsp3) is 0.182. The highest BCUT2D eigenvalue weighted by Gasteiger charge is 1.89. The lowest BCUT2D eigenvalue weighted by atomic mass is 10.1. The maximum atomic E-state index is 9.25. The number of hydrogen-bond acceptors (Lipinski definition) is 3. The van der Waals surface area contributed by atoms with Crippen molar-refractivity contribution < 1.29 is 15.0 Å². The van der Waals surface area contributed by atoms with Gasteiger partial charge in [-0.2, -0.15) is 0 Å². The second kappa shape index (κ2) is 7.58. The molecule has 0 spiro atoms. The van der Waals surface area contributed by atoms with Gasteiger partial charge >= 0.3 is 5.97 Å². The number of benzene rings is 1. The molecule has 0 radical (unpaired) electrons. The van der Waals surface area contributed by atoms with Crippen molar-refractivity contribution in [2.75, 3.05) is 12.3 Å². The van der Waals surface area contributed by atoms with Gasteiger partial charge in [-0.1, -0.05) is 18.7 Å². The zero-order chi connectivity index (χ0) is 11.7. The van der Waals surface area contributed by atoms with Crippen LogP contribution < -0.4 is 5.73 Å². The van der Waals surface area contributed by atoms with Crippen molar-refractivity contribution in [1.82, 2.24) is 0 Å². The van der Waals surface area contributed by atoms with E-state index in [4.69, 9.17) is 15.9 Å². The third-order valence-corrected chi connectivity index (χ3v) is 1.55. The summed E-state index contributed by atoms with van der Waals surface area (Å²) in [6.07, 6.45) is 1.54. The first-order valence-corrected chi connectivity index (χ1v) is 4.40. The molecule has 15 heavy (non-hydrogen) atoms. The van der Waals surface area contributed by atoms with Crippen LogP contribution in [0.2, 0.25) is 0 Å². The minimum Gasteiger partial charge on any atom is -0.478 e. The Morgan fingerprint density at radius 3 is 2.20 bits per heavy atom. The van der Waals surface area contributed by atoms with Gasteiger partial charge in [-0.15, -0.1) is 0 Å². The Hall–Kier alpha value is -1.81. The van der Waals surface area contributed by atoms with E-state index in [1.807, 2.05) is 24.3 Å². The van der Waals surface area contributed by atoms with Crippen LogP contribution in [0.4, 0.5) is 5.69 Å². The highest BCUT2D eigenvalue weighted by atomic mass is 16.4. The second-order valence-corrected chi connectivity index (χ2v) is 2.76. The molecule has 0 saturated carbocycles. The molecule has 0 aliphatic heterocycles. The maximum absolute atomic E-state index is 9.25. The molecule has 4 heteroatoms. The molecule has 4 nitrogen and oxygen atoms in total. The number of aliphatic hydroxyl groups excluding tert-OH is 1. The summed E-state index contributed by atoms with van der Waals surface area (Å²) in [7, 11) is 0. The summed E-state index contributed by atoms with van der Waals surface area (Å²) in [5.74, 6) is -0.981. The van der Waals surface area contributed by atoms with E-state index in [-0.39, 0.29) is 6.61 Å². The molecule has 0 fully saturated rings. The van der Waals surface area contributed by atoms with Crippen molar-refractivity contribution in [3.05, 3.63) is 42.5 Å². The first-order valence-electron chi connectivity index (χ1n) is 4.40. The molecule has 1 aromatic rings. The largest absolute Gasteiger partial charge is 0.478 e. The number of carboxylic acids is 1. The number of hydrogen-bond donors (Lipinski definition) is 3. The van der Waals surface area contributed by atoms with E-state index in [1.54, 1.807) is 0 Å². The van der Waals surface area contributed by atoms with Crippen LogP contribution in [0.1, 0.15) is 5.56 Å². The molecule has 0 aliphatic carbocycles. The molecule has 0 aliphatic rings. The van der Waals surface area contributed by atoms with Crippen LogP contribution in [0.5, 0.6) is 0 Å². The van der Waals surface area contributed by atoms with Crippen LogP contribution in [0, 0.1) is 0 Å². The maximum Gasteiger partial charge on any atom is 0.327 e. The van der Waals surface area contributed by atoms with E-state index in [0.29, 0.717) is 6.42 Å². The van der Waals surface area contributed by atoms with Gasteiger partial charge in [0.2, 0.25) is 0 Å². The monoisotopic (exact) mass is 209 g/mol.